The fourth-order valence-corrected chi connectivity index (χ4v) is 3.28. The van der Waals surface area contributed by atoms with Crippen LogP contribution >= 0.6 is 11.3 Å². The van der Waals surface area contributed by atoms with Crippen LogP contribution in [0.5, 0.6) is 0 Å². The molecule has 4 nitrogen and oxygen atoms in total. The van der Waals surface area contributed by atoms with Crippen molar-refractivity contribution in [2.75, 3.05) is 13.1 Å². The Morgan fingerprint density at radius 1 is 1.44 bits per heavy atom. The lowest BCUT2D eigenvalue weighted by Crippen LogP contribution is -2.61. The van der Waals surface area contributed by atoms with Gasteiger partial charge < -0.3 is 0 Å². The number of nitrogens with two attached hydrogens (primary N) is 1. The molecule has 104 valence electrons. The standard InChI is InChI=1S/C13H26N4S/c1-5-13(4,17(6-2)7-3)12(16-14)8-11-9-15-10-18-11/h9-10,12,16H,5-8,14H2,1-4H3. The number of hydrogen-bond acceptors (Lipinski definition) is 5. The Bertz CT molecular complexity index is 324. The highest BCUT2D eigenvalue weighted by Gasteiger charge is 2.36. The van der Waals surface area contributed by atoms with Crippen LogP contribution in [-0.2, 0) is 6.42 Å². The predicted molar refractivity (Wildman–Crippen MR) is 78.5 cm³/mol. The van der Waals surface area contributed by atoms with E-state index in [1.54, 1.807) is 11.3 Å². The molecule has 2 atom stereocenters. The first-order valence-corrected chi connectivity index (χ1v) is 7.58. The number of likely N-dealkylation sites (N-methyl/N-ethyl adjacent to an activating group) is 1. The molecule has 0 aliphatic heterocycles. The van der Waals surface area contributed by atoms with E-state index in [0.29, 0.717) is 0 Å². The van der Waals surface area contributed by atoms with E-state index in [4.69, 9.17) is 5.84 Å². The molecule has 5 heteroatoms. The summed E-state index contributed by atoms with van der Waals surface area (Å²) in [5.41, 5.74) is 4.97. The second-order valence-electron chi connectivity index (χ2n) is 4.77. The van der Waals surface area contributed by atoms with Crippen molar-refractivity contribution in [2.45, 2.75) is 52.1 Å². The molecule has 0 aliphatic carbocycles. The first kappa shape index (κ1) is 15.6. The molecular formula is C13H26N4S. The second kappa shape index (κ2) is 7.19. The zero-order valence-corrected chi connectivity index (χ0v) is 12.8. The summed E-state index contributed by atoms with van der Waals surface area (Å²) in [5, 5.41) is 0. The van der Waals surface area contributed by atoms with E-state index >= 15 is 0 Å². The van der Waals surface area contributed by atoms with Crippen molar-refractivity contribution < 1.29 is 0 Å². The molecule has 0 saturated heterocycles. The zero-order chi connectivity index (χ0) is 13.6. The van der Waals surface area contributed by atoms with Gasteiger partial charge >= 0.3 is 0 Å². The molecule has 0 aromatic carbocycles. The van der Waals surface area contributed by atoms with E-state index in [1.165, 1.54) is 4.88 Å². The van der Waals surface area contributed by atoms with Crippen molar-refractivity contribution in [3.05, 3.63) is 16.6 Å². The maximum absolute atomic E-state index is 5.81. The van der Waals surface area contributed by atoms with Gasteiger partial charge in [0.15, 0.2) is 0 Å². The highest BCUT2D eigenvalue weighted by molar-refractivity contribution is 7.09. The van der Waals surface area contributed by atoms with Gasteiger partial charge in [0, 0.05) is 29.1 Å². The molecule has 1 rings (SSSR count). The lowest BCUT2D eigenvalue weighted by molar-refractivity contribution is 0.0704. The molecule has 0 spiro atoms. The average Bonchev–Trinajstić information content (AvgIpc) is 2.89. The molecule has 3 N–H and O–H groups in total. The van der Waals surface area contributed by atoms with E-state index in [0.717, 1.165) is 25.9 Å². The Morgan fingerprint density at radius 3 is 2.50 bits per heavy atom. The van der Waals surface area contributed by atoms with Crippen molar-refractivity contribution in [3.8, 4) is 0 Å². The third-order valence-electron chi connectivity index (χ3n) is 4.04. The normalized spacial score (nSPS) is 16.8. The van der Waals surface area contributed by atoms with Crippen LogP contribution in [0.4, 0.5) is 0 Å². The summed E-state index contributed by atoms with van der Waals surface area (Å²) in [5.74, 6) is 5.81. The molecule has 2 unspecified atom stereocenters. The molecule has 0 saturated carbocycles. The van der Waals surface area contributed by atoms with Crippen molar-refractivity contribution in [2.24, 2.45) is 5.84 Å². The van der Waals surface area contributed by atoms with Crippen LogP contribution in [0.3, 0.4) is 0 Å². The van der Waals surface area contributed by atoms with Crippen molar-refractivity contribution in [1.82, 2.24) is 15.3 Å². The Kier molecular flexibility index (Phi) is 6.21. The van der Waals surface area contributed by atoms with Crippen LogP contribution in [0.25, 0.3) is 0 Å². The van der Waals surface area contributed by atoms with Gasteiger partial charge in [0.1, 0.15) is 0 Å². The predicted octanol–water partition coefficient (Wildman–Crippen LogP) is 2.03. The minimum Gasteiger partial charge on any atom is -0.297 e. The summed E-state index contributed by atoms with van der Waals surface area (Å²) in [6.07, 6.45) is 3.94. The molecule has 18 heavy (non-hydrogen) atoms. The smallest absolute Gasteiger partial charge is 0.0794 e. The number of hydrazine groups is 1. The van der Waals surface area contributed by atoms with Crippen LogP contribution in [0.15, 0.2) is 11.7 Å². The van der Waals surface area contributed by atoms with Crippen molar-refractivity contribution >= 4 is 11.3 Å². The molecule has 1 aromatic rings. The highest BCUT2D eigenvalue weighted by Crippen LogP contribution is 2.26. The fraction of sp³-hybridized carbons (Fsp3) is 0.769. The Morgan fingerprint density at radius 2 is 2.11 bits per heavy atom. The molecule has 0 fully saturated rings. The van der Waals surface area contributed by atoms with E-state index in [-0.39, 0.29) is 11.6 Å². The Balaban J connectivity index is 2.87. The van der Waals surface area contributed by atoms with Gasteiger partial charge in [-0.25, -0.2) is 0 Å². The summed E-state index contributed by atoms with van der Waals surface area (Å²) in [4.78, 5) is 7.91. The van der Waals surface area contributed by atoms with Gasteiger partial charge in [-0.3, -0.25) is 21.2 Å². The first-order valence-electron chi connectivity index (χ1n) is 6.70. The van der Waals surface area contributed by atoms with E-state index < -0.39 is 0 Å². The summed E-state index contributed by atoms with van der Waals surface area (Å²) in [7, 11) is 0. The van der Waals surface area contributed by atoms with Crippen LogP contribution in [0.2, 0.25) is 0 Å². The number of nitrogens with one attached hydrogen (secondary N) is 1. The largest absolute Gasteiger partial charge is 0.297 e. The van der Waals surface area contributed by atoms with Gasteiger partial charge in [0.2, 0.25) is 0 Å². The fourth-order valence-electron chi connectivity index (χ4n) is 2.64. The zero-order valence-electron chi connectivity index (χ0n) is 11.9. The second-order valence-corrected chi connectivity index (χ2v) is 5.75. The third kappa shape index (κ3) is 3.29. The topological polar surface area (TPSA) is 54.2 Å². The third-order valence-corrected chi connectivity index (χ3v) is 4.84. The Labute approximate surface area is 115 Å². The van der Waals surface area contributed by atoms with E-state index in [2.05, 4.69) is 43.0 Å². The minimum absolute atomic E-state index is 0.0717. The molecular weight excluding hydrogens is 244 g/mol. The van der Waals surface area contributed by atoms with E-state index in [1.807, 2.05) is 11.7 Å². The maximum Gasteiger partial charge on any atom is 0.0794 e. The van der Waals surface area contributed by atoms with Gasteiger partial charge in [0.25, 0.3) is 0 Å². The molecule has 0 bridgehead atoms. The SMILES string of the molecule is CCN(CC)C(C)(CC)C(Cc1cncs1)NN. The van der Waals surface area contributed by atoms with Crippen LogP contribution in [-0.4, -0.2) is 34.6 Å². The van der Waals surface area contributed by atoms with Gasteiger partial charge in [0.05, 0.1) is 5.51 Å². The molecule has 0 aliphatic rings. The summed E-state index contributed by atoms with van der Waals surface area (Å²) >= 11 is 1.69. The molecule has 0 amide bonds. The summed E-state index contributed by atoms with van der Waals surface area (Å²) in [6.45, 7) is 11.0. The van der Waals surface area contributed by atoms with Gasteiger partial charge in [-0.15, -0.1) is 11.3 Å². The number of aromatic nitrogens is 1. The average molecular weight is 270 g/mol. The van der Waals surface area contributed by atoms with Crippen LogP contribution in [0.1, 0.15) is 39.0 Å². The van der Waals surface area contributed by atoms with Gasteiger partial charge in [-0.05, 0) is 26.4 Å². The quantitative estimate of drug-likeness (QED) is 0.560. The lowest BCUT2D eigenvalue weighted by Gasteiger charge is -2.45. The monoisotopic (exact) mass is 270 g/mol. The van der Waals surface area contributed by atoms with Crippen LogP contribution in [0, 0.1) is 0 Å². The van der Waals surface area contributed by atoms with Crippen molar-refractivity contribution in [1.29, 1.82) is 0 Å². The highest BCUT2D eigenvalue weighted by atomic mass is 32.1. The van der Waals surface area contributed by atoms with Crippen LogP contribution < -0.4 is 11.3 Å². The first-order chi connectivity index (χ1) is 8.62. The Hall–Kier alpha value is -0.490. The van der Waals surface area contributed by atoms with E-state index in [9.17, 15) is 0 Å². The number of hydrogen-bond donors (Lipinski definition) is 2. The van der Waals surface area contributed by atoms with Crippen molar-refractivity contribution in [3.63, 3.8) is 0 Å². The van der Waals surface area contributed by atoms with Gasteiger partial charge in [-0.1, -0.05) is 20.8 Å². The number of thiazole rings is 1. The number of rotatable bonds is 8. The molecule has 1 aromatic heterocycles. The summed E-state index contributed by atoms with van der Waals surface area (Å²) in [6, 6.07) is 0.239. The minimum atomic E-state index is 0.0717. The maximum atomic E-state index is 5.81. The lowest BCUT2D eigenvalue weighted by atomic mass is 9.85. The number of nitrogens with zero attached hydrogens (tertiary/aromatic N) is 2. The van der Waals surface area contributed by atoms with Gasteiger partial charge in [-0.2, -0.15) is 0 Å². The molecule has 1 heterocycles. The summed E-state index contributed by atoms with van der Waals surface area (Å²) < 4.78 is 0. The molecule has 0 radical (unpaired) electrons.